The van der Waals surface area contributed by atoms with Gasteiger partial charge >= 0.3 is 0 Å². The van der Waals surface area contributed by atoms with Crippen LogP contribution in [-0.2, 0) is 6.42 Å². The van der Waals surface area contributed by atoms with Crippen LogP contribution in [0.5, 0.6) is 0 Å². The van der Waals surface area contributed by atoms with Gasteiger partial charge in [0.15, 0.2) is 0 Å². The predicted octanol–water partition coefficient (Wildman–Crippen LogP) is 3.46. The maximum absolute atomic E-state index is 6.08. The molecule has 0 atom stereocenters. The lowest BCUT2D eigenvalue weighted by molar-refractivity contribution is 1.07. The predicted molar refractivity (Wildman–Crippen MR) is 63.0 cm³/mol. The number of aromatic nitrogens is 2. The minimum atomic E-state index is 0.539. The number of fused-ring (bicyclic) bond motifs is 3. The minimum absolute atomic E-state index is 0.539. The molecule has 1 aromatic heterocycles. The molecule has 1 heterocycles. The molecule has 0 amide bonds. The van der Waals surface area contributed by atoms with E-state index in [0.717, 1.165) is 27.7 Å². The van der Waals surface area contributed by atoms with E-state index < -0.39 is 0 Å². The lowest BCUT2D eigenvalue weighted by Crippen LogP contribution is -1.88. The standard InChI is InChI=1S/C11H6BrClN2/c12-7-2-1-6-3-9-10(8(6)4-7)11(13)15-5-14-9/h1-2,4-5H,3H2. The van der Waals surface area contributed by atoms with Crippen LogP contribution in [0, 0.1) is 0 Å². The third kappa shape index (κ3) is 1.38. The summed E-state index contributed by atoms with van der Waals surface area (Å²) >= 11 is 9.54. The molecule has 0 aliphatic heterocycles. The molecule has 0 fully saturated rings. The Kier molecular flexibility index (Phi) is 2.04. The van der Waals surface area contributed by atoms with Crippen molar-refractivity contribution < 1.29 is 0 Å². The van der Waals surface area contributed by atoms with Gasteiger partial charge in [0.25, 0.3) is 0 Å². The van der Waals surface area contributed by atoms with Gasteiger partial charge in [0, 0.05) is 16.5 Å². The van der Waals surface area contributed by atoms with Crippen LogP contribution in [0.15, 0.2) is 29.0 Å². The second-order valence-corrected chi connectivity index (χ2v) is 4.74. The summed E-state index contributed by atoms with van der Waals surface area (Å²) in [5, 5.41) is 0.539. The van der Waals surface area contributed by atoms with Crippen molar-refractivity contribution in [2.24, 2.45) is 0 Å². The minimum Gasteiger partial charge on any atom is -0.240 e. The summed E-state index contributed by atoms with van der Waals surface area (Å²) in [6.07, 6.45) is 2.36. The van der Waals surface area contributed by atoms with Crippen LogP contribution in [0.3, 0.4) is 0 Å². The third-order valence-electron chi connectivity index (χ3n) is 2.58. The van der Waals surface area contributed by atoms with Gasteiger partial charge in [-0.3, -0.25) is 0 Å². The molecule has 0 saturated carbocycles. The van der Waals surface area contributed by atoms with Gasteiger partial charge in [-0.05, 0) is 23.3 Å². The molecule has 0 spiro atoms. The number of rotatable bonds is 0. The van der Waals surface area contributed by atoms with Crippen molar-refractivity contribution in [2.45, 2.75) is 6.42 Å². The van der Waals surface area contributed by atoms with E-state index in [0.29, 0.717) is 5.15 Å². The molecule has 1 aliphatic rings. The van der Waals surface area contributed by atoms with Crippen LogP contribution in [0.2, 0.25) is 5.15 Å². The first kappa shape index (κ1) is 9.31. The molecule has 2 aromatic rings. The first-order valence-electron chi connectivity index (χ1n) is 4.54. The second kappa shape index (κ2) is 3.29. The molecule has 4 heteroatoms. The maximum atomic E-state index is 6.08. The van der Waals surface area contributed by atoms with Crippen molar-refractivity contribution in [1.82, 2.24) is 9.97 Å². The highest BCUT2D eigenvalue weighted by molar-refractivity contribution is 9.10. The number of nitrogens with zero attached hydrogens (tertiary/aromatic N) is 2. The zero-order valence-electron chi connectivity index (χ0n) is 7.67. The lowest BCUT2D eigenvalue weighted by atomic mass is 10.1. The third-order valence-corrected chi connectivity index (χ3v) is 3.36. The quantitative estimate of drug-likeness (QED) is 0.590. The molecule has 0 N–H and O–H groups in total. The molecular formula is C11H6BrClN2. The summed E-state index contributed by atoms with van der Waals surface area (Å²) in [7, 11) is 0. The second-order valence-electron chi connectivity index (χ2n) is 3.46. The van der Waals surface area contributed by atoms with Crippen molar-refractivity contribution in [3.05, 3.63) is 45.4 Å². The first-order chi connectivity index (χ1) is 7.25. The van der Waals surface area contributed by atoms with E-state index >= 15 is 0 Å². The fourth-order valence-electron chi connectivity index (χ4n) is 1.91. The van der Waals surface area contributed by atoms with Crippen molar-refractivity contribution >= 4 is 27.5 Å². The Balaban J connectivity index is 2.33. The molecule has 0 unspecified atom stereocenters. The Bertz CT molecular complexity index is 554. The molecule has 0 saturated heterocycles. The van der Waals surface area contributed by atoms with Gasteiger partial charge < -0.3 is 0 Å². The monoisotopic (exact) mass is 280 g/mol. The zero-order chi connectivity index (χ0) is 10.4. The van der Waals surface area contributed by atoms with Crippen molar-refractivity contribution in [3.8, 4) is 11.1 Å². The van der Waals surface area contributed by atoms with Gasteiger partial charge in [-0.25, -0.2) is 9.97 Å². The SMILES string of the molecule is Clc1ncnc2c1-c1cc(Br)ccc1C2. The van der Waals surface area contributed by atoms with Crippen LogP contribution in [-0.4, -0.2) is 9.97 Å². The van der Waals surface area contributed by atoms with Crippen LogP contribution >= 0.6 is 27.5 Å². The highest BCUT2D eigenvalue weighted by Crippen LogP contribution is 2.39. The average molecular weight is 282 g/mol. The summed E-state index contributed by atoms with van der Waals surface area (Å²) in [5.74, 6) is 0. The van der Waals surface area contributed by atoms with Crippen LogP contribution in [0.25, 0.3) is 11.1 Å². The average Bonchev–Trinajstić information content (AvgIpc) is 2.57. The summed E-state index contributed by atoms with van der Waals surface area (Å²) in [6.45, 7) is 0. The van der Waals surface area contributed by atoms with E-state index in [1.807, 2.05) is 6.07 Å². The summed E-state index contributed by atoms with van der Waals surface area (Å²) in [5.41, 5.74) is 4.40. The van der Waals surface area contributed by atoms with Gasteiger partial charge in [-0.2, -0.15) is 0 Å². The number of halogens is 2. The highest BCUT2D eigenvalue weighted by atomic mass is 79.9. The van der Waals surface area contributed by atoms with Crippen LogP contribution in [0.1, 0.15) is 11.3 Å². The normalized spacial score (nSPS) is 12.4. The summed E-state index contributed by atoms with van der Waals surface area (Å²) in [6, 6.07) is 6.19. The maximum Gasteiger partial charge on any atom is 0.140 e. The fraction of sp³-hybridized carbons (Fsp3) is 0.0909. The van der Waals surface area contributed by atoms with E-state index in [9.17, 15) is 0 Å². The van der Waals surface area contributed by atoms with Gasteiger partial charge in [-0.1, -0.05) is 33.6 Å². The van der Waals surface area contributed by atoms with Gasteiger partial charge in [0.1, 0.15) is 11.5 Å². The van der Waals surface area contributed by atoms with Crippen LogP contribution < -0.4 is 0 Å². The van der Waals surface area contributed by atoms with E-state index in [2.05, 4.69) is 38.0 Å². The Hall–Kier alpha value is -0.930. The Morgan fingerprint density at radius 1 is 1.27 bits per heavy atom. The molecule has 15 heavy (non-hydrogen) atoms. The zero-order valence-corrected chi connectivity index (χ0v) is 10.0. The molecular weight excluding hydrogens is 275 g/mol. The molecule has 0 radical (unpaired) electrons. The Labute approximate surface area is 100 Å². The van der Waals surface area contributed by atoms with Crippen molar-refractivity contribution in [2.75, 3.05) is 0 Å². The van der Waals surface area contributed by atoms with E-state index in [-0.39, 0.29) is 0 Å². The number of hydrogen-bond donors (Lipinski definition) is 0. The van der Waals surface area contributed by atoms with Gasteiger partial charge in [0.05, 0.1) is 5.69 Å². The number of benzene rings is 1. The molecule has 1 aromatic carbocycles. The summed E-state index contributed by atoms with van der Waals surface area (Å²) < 4.78 is 1.05. The topological polar surface area (TPSA) is 25.8 Å². The van der Waals surface area contributed by atoms with Crippen molar-refractivity contribution in [3.63, 3.8) is 0 Å². The smallest absolute Gasteiger partial charge is 0.140 e. The summed E-state index contributed by atoms with van der Waals surface area (Å²) in [4.78, 5) is 8.27. The van der Waals surface area contributed by atoms with E-state index in [4.69, 9.17) is 11.6 Å². The van der Waals surface area contributed by atoms with Gasteiger partial charge in [-0.15, -0.1) is 0 Å². The first-order valence-corrected chi connectivity index (χ1v) is 5.71. The van der Waals surface area contributed by atoms with Crippen molar-refractivity contribution in [1.29, 1.82) is 0 Å². The fourth-order valence-corrected chi connectivity index (χ4v) is 2.53. The lowest BCUT2D eigenvalue weighted by Gasteiger charge is -2.01. The number of hydrogen-bond acceptors (Lipinski definition) is 2. The Morgan fingerprint density at radius 3 is 3.00 bits per heavy atom. The molecule has 0 bridgehead atoms. The molecule has 74 valence electrons. The largest absolute Gasteiger partial charge is 0.240 e. The van der Waals surface area contributed by atoms with Gasteiger partial charge in [0.2, 0.25) is 0 Å². The molecule has 2 nitrogen and oxygen atoms in total. The van der Waals surface area contributed by atoms with E-state index in [1.165, 1.54) is 11.9 Å². The molecule has 1 aliphatic carbocycles. The molecule has 3 rings (SSSR count). The van der Waals surface area contributed by atoms with Crippen LogP contribution in [0.4, 0.5) is 0 Å². The van der Waals surface area contributed by atoms with E-state index in [1.54, 1.807) is 0 Å². The Morgan fingerprint density at radius 2 is 2.13 bits per heavy atom. The highest BCUT2D eigenvalue weighted by Gasteiger charge is 2.22.